The Morgan fingerprint density at radius 1 is 1.18 bits per heavy atom. The summed E-state index contributed by atoms with van der Waals surface area (Å²) in [5, 5.41) is 14.3. The quantitative estimate of drug-likeness (QED) is 0.682. The van der Waals surface area contributed by atoms with Gasteiger partial charge < -0.3 is 5.32 Å². The van der Waals surface area contributed by atoms with Crippen LogP contribution in [0.1, 0.15) is 18.4 Å². The Kier molecular flexibility index (Phi) is 2.51. The van der Waals surface area contributed by atoms with E-state index in [2.05, 4.69) is 5.32 Å². The van der Waals surface area contributed by atoms with Crippen LogP contribution in [0.5, 0.6) is 0 Å². The highest BCUT2D eigenvalue weighted by Crippen LogP contribution is 2.52. The van der Waals surface area contributed by atoms with Crippen molar-refractivity contribution in [1.82, 2.24) is 0 Å². The van der Waals surface area contributed by atoms with Crippen LogP contribution in [-0.2, 0) is 10.5 Å². The van der Waals surface area contributed by atoms with Crippen molar-refractivity contribution in [3.05, 3.63) is 64.2 Å². The van der Waals surface area contributed by atoms with Crippen LogP contribution in [0.15, 0.2) is 48.5 Å². The van der Waals surface area contributed by atoms with Gasteiger partial charge in [-0.25, -0.2) is 0 Å². The van der Waals surface area contributed by atoms with Crippen LogP contribution in [0.25, 0.3) is 0 Å². The number of amides is 1. The standard InChI is InChI=1S/C16H13N3O3/c20-15-8-9-16(11-4-2-1-3-5-11)17-13-10-12(19(21)22)6-7-14(13)18(15)16/h1-7,10,17H,8-9H2. The van der Waals surface area contributed by atoms with Crippen molar-refractivity contribution >= 4 is 23.0 Å². The lowest BCUT2D eigenvalue weighted by Crippen LogP contribution is -2.44. The first kappa shape index (κ1) is 12.8. The number of hydrogen-bond acceptors (Lipinski definition) is 4. The van der Waals surface area contributed by atoms with E-state index in [1.807, 2.05) is 30.3 Å². The molecule has 1 N–H and O–H groups in total. The van der Waals surface area contributed by atoms with Gasteiger partial charge in [-0.1, -0.05) is 30.3 Å². The number of benzene rings is 2. The molecule has 0 aliphatic carbocycles. The lowest BCUT2D eigenvalue weighted by molar-refractivity contribution is -0.384. The van der Waals surface area contributed by atoms with Crippen molar-refractivity contribution in [2.45, 2.75) is 18.5 Å². The number of carbonyl (C=O) groups excluding carboxylic acids is 1. The second-order valence-corrected chi connectivity index (χ2v) is 5.54. The van der Waals surface area contributed by atoms with E-state index in [4.69, 9.17) is 0 Å². The van der Waals surface area contributed by atoms with Crippen LogP contribution in [0.2, 0.25) is 0 Å². The van der Waals surface area contributed by atoms with Gasteiger partial charge in [0.25, 0.3) is 5.69 Å². The van der Waals surface area contributed by atoms with Crippen molar-refractivity contribution in [2.75, 3.05) is 10.2 Å². The summed E-state index contributed by atoms with van der Waals surface area (Å²) in [6.45, 7) is 0. The maximum atomic E-state index is 12.4. The average molecular weight is 295 g/mol. The normalized spacial score (nSPS) is 22.2. The second-order valence-electron chi connectivity index (χ2n) is 5.54. The van der Waals surface area contributed by atoms with E-state index in [0.29, 0.717) is 24.2 Å². The first-order valence-corrected chi connectivity index (χ1v) is 7.07. The van der Waals surface area contributed by atoms with Crippen LogP contribution in [0, 0.1) is 10.1 Å². The molecule has 22 heavy (non-hydrogen) atoms. The number of carbonyl (C=O) groups is 1. The Morgan fingerprint density at radius 2 is 1.95 bits per heavy atom. The lowest BCUT2D eigenvalue weighted by Gasteiger charge is -2.32. The lowest BCUT2D eigenvalue weighted by atomic mass is 9.97. The van der Waals surface area contributed by atoms with Crippen molar-refractivity contribution in [1.29, 1.82) is 0 Å². The summed E-state index contributed by atoms with van der Waals surface area (Å²) in [6, 6.07) is 14.3. The van der Waals surface area contributed by atoms with Crippen LogP contribution >= 0.6 is 0 Å². The van der Waals surface area contributed by atoms with E-state index < -0.39 is 10.6 Å². The highest BCUT2D eigenvalue weighted by atomic mass is 16.6. The molecule has 0 radical (unpaired) electrons. The van der Waals surface area contributed by atoms with Gasteiger partial charge in [0, 0.05) is 25.0 Å². The van der Waals surface area contributed by atoms with Gasteiger partial charge in [-0.05, 0) is 11.6 Å². The summed E-state index contributed by atoms with van der Waals surface area (Å²) in [5.74, 6) is 0.0314. The molecular weight excluding hydrogens is 282 g/mol. The maximum absolute atomic E-state index is 12.4. The van der Waals surface area contributed by atoms with E-state index in [1.165, 1.54) is 12.1 Å². The molecule has 0 bridgehead atoms. The highest BCUT2D eigenvalue weighted by molar-refractivity contribution is 6.04. The SMILES string of the molecule is O=C1CCC2(c3ccccc3)Nc3cc([N+](=O)[O-])ccc3N12. The Bertz CT molecular complexity index is 790. The number of rotatable bonds is 2. The third-order valence-electron chi connectivity index (χ3n) is 4.36. The molecule has 2 heterocycles. The van der Waals surface area contributed by atoms with Crippen molar-refractivity contribution < 1.29 is 9.72 Å². The molecule has 1 saturated heterocycles. The zero-order valence-electron chi connectivity index (χ0n) is 11.7. The van der Waals surface area contributed by atoms with Gasteiger partial charge in [-0.2, -0.15) is 0 Å². The summed E-state index contributed by atoms with van der Waals surface area (Å²) >= 11 is 0. The Morgan fingerprint density at radius 3 is 2.68 bits per heavy atom. The topological polar surface area (TPSA) is 75.5 Å². The molecule has 2 aliphatic heterocycles. The largest absolute Gasteiger partial charge is 0.357 e. The molecular formula is C16H13N3O3. The number of nitrogens with one attached hydrogen (secondary N) is 1. The molecule has 6 heteroatoms. The summed E-state index contributed by atoms with van der Waals surface area (Å²) in [6.07, 6.45) is 1.09. The molecule has 2 aromatic rings. The van der Waals surface area contributed by atoms with E-state index >= 15 is 0 Å². The van der Waals surface area contributed by atoms with Gasteiger partial charge in [-0.3, -0.25) is 19.8 Å². The number of nitro benzene ring substituents is 1. The Hall–Kier alpha value is -2.89. The van der Waals surface area contributed by atoms with Gasteiger partial charge in [0.2, 0.25) is 5.91 Å². The fourth-order valence-electron chi connectivity index (χ4n) is 3.40. The van der Waals surface area contributed by atoms with E-state index in [9.17, 15) is 14.9 Å². The minimum Gasteiger partial charge on any atom is -0.357 e. The molecule has 0 spiro atoms. The number of fused-ring (bicyclic) bond motifs is 3. The number of nitro groups is 1. The van der Waals surface area contributed by atoms with Gasteiger partial charge in [0.1, 0.15) is 5.66 Å². The predicted octanol–water partition coefficient (Wildman–Crippen LogP) is 3.00. The summed E-state index contributed by atoms with van der Waals surface area (Å²) < 4.78 is 0. The molecule has 110 valence electrons. The minimum absolute atomic E-state index is 0.0167. The second kappa shape index (κ2) is 4.30. The monoisotopic (exact) mass is 295 g/mol. The first-order valence-electron chi connectivity index (χ1n) is 7.07. The van der Waals surface area contributed by atoms with Gasteiger partial charge in [-0.15, -0.1) is 0 Å². The van der Waals surface area contributed by atoms with Gasteiger partial charge in [0.15, 0.2) is 0 Å². The number of hydrogen-bond donors (Lipinski definition) is 1. The molecule has 1 fully saturated rings. The molecule has 1 amide bonds. The Balaban J connectivity index is 1.88. The van der Waals surface area contributed by atoms with E-state index in [-0.39, 0.29) is 11.6 Å². The zero-order chi connectivity index (χ0) is 15.3. The number of non-ortho nitro benzene ring substituents is 1. The average Bonchev–Trinajstić information content (AvgIpc) is 3.03. The third-order valence-corrected chi connectivity index (χ3v) is 4.36. The van der Waals surface area contributed by atoms with Crippen LogP contribution in [0.3, 0.4) is 0 Å². The summed E-state index contributed by atoms with van der Waals surface area (Å²) in [5.41, 5.74) is 1.71. The maximum Gasteiger partial charge on any atom is 0.271 e. The number of nitrogens with zero attached hydrogens (tertiary/aromatic N) is 2. The molecule has 4 rings (SSSR count). The van der Waals surface area contributed by atoms with Gasteiger partial charge >= 0.3 is 0 Å². The molecule has 0 aromatic heterocycles. The van der Waals surface area contributed by atoms with Crippen LogP contribution in [-0.4, -0.2) is 10.8 Å². The van der Waals surface area contributed by atoms with Gasteiger partial charge in [0.05, 0.1) is 16.3 Å². The molecule has 1 unspecified atom stereocenters. The summed E-state index contributed by atoms with van der Waals surface area (Å²) in [4.78, 5) is 24.6. The molecule has 1 atom stereocenters. The fourth-order valence-corrected chi connectivity index (χ4v) is 3.40. The predicted molar refractivity (Wildman–Crippen MR) is 81.6 cm³/mol. The fraction of sp³-hybridized carbons (Fsp3) is 0.188. The summed E-state index contributed by atoms with van der Waals surface area (Å²) in [7, 11) is 0. The van der Waals surface area contributed by atoms with E-state index in [0.717, 1.165) is 5.56 Å². The molecule has 6 nitrogen and oxygen atoms in total. The Labute approximate surface area is 126 Å². The third kappa shape index (κ3) is 1.57. The van der Waals surface area contributed by atoms with Crippen LogP contribution < -0.4 is 10.2 Å². The minimum atomic E-state index is -0.629. The molecule has 0 saturated carbocycles. The first-order chi connectivity index (χ1) is 10.6. The van der Waals surface area contributed by atoms with Crippen molar-refractivity contribution in [2.24, 2.45) is 0 Å². The molecule has 2 aromatic carbocycles. The molecule has 2 aliphatic rings. The highest BCUT2D eigenvalue weighted by Gasteiger charge is 2.52. The smallest absolute Gasteiger partial charge is 0.271 e. The zero-order valence-corrected chi connectivity index (χ0v) is 11.7. The van der Waals surface area contributed by atoms with Crippen molar-refractivity contribution in [3.8, 4) is 0 Å². The number of anilines is 2. The van der Waals surface area contributed by atoms with E-state index in [1.54, 1.807) is 11.0 Å². The van der Waals surface area contributed by atoms with Crippen LogP contribution in [0.4, 0.5) is 17.1 Å². The van der Waals surface area contributed by atoms with Crippen molar-refractivity contribution in [3.63, 3.8) is 0 Å².